The fourth-order valence-corrected chi connectivity index (χ4v) is 3.30. The number of aliphatic imine (C=N–C) groups is 1. The topological polar surface area (TPSA) is 60.8 Å². The zero-order chi connectivity index (χ0) is 16.4. The number of methoxy groups -OCH3 is 1. The molecule has 2 aliphatic rings. The number of hydrogen-bond donors (Lipinski definition) is 0. The molecule has 7 heteroatoms. The fourth-order valence-electron chi connectivity index (χ4n) is 2.26. The van der Waals surface area contributed by atoms with Crippen LogP contribution in [0.5, 0.6) is 0 Å². The van der Waals surface area contributed by atoms with Gasteiger partial charge in [-0.25, -0.2) is 9.98 Å². The van der Waals surface area contributed by atoms with Crippen LogP contribution in [0.1, 0.15) is 17.1 Å². The Kier molecular flexibility index (Phi) is 4.75. The van der Waals surface area contributed by atoms with Gasteiger partial charge in [0.15, 0.2) is 5.78 Å². The van der Waals surface area contributed by atoms with E-state index in [1.807, 2.05) is 12.3 Å². The molecule has 0 fully saturated rings. The first-order chi connectivity index (χ1) is 11.1. The molecule has 0 N–H and O–H groups in total. The molecule has 0 bridgehead atoms. The zero-order valence-electron chi connectivity index (χ0n) is 12.8. The lowest BCUT2D eigenvalue weighted by atomic mass is 9.95. The lowest BCUT2D eigenvalue weighted by Crippen LogP contribution is -2.21. The smallest absolute Gasteiger partial charge is 0.190 e. The van der Waals surface area contributed by atoms with Gasteiger partial charge in [-0.15, -0.1) is 11.3 Å². The molecule has 2 heterocycles. The first kappa shape index (κ1) is 16.1. The standard InChI is InChI=1S/C16H15ClN2O3S/c1-9-8-23-16(18-9)11-7-12(20)10-3-4-13(22-6-5-21-2)14(17)15(10)19-11/h3,7-8H,4-6H2,1-2H3. The van der Waals surface area contributed by atoms with Crippen molar-refractivity contribution in [2.75, 3.05) is 20.3 Å². The number of carbonyl (C=O) groups is 1. The van der Waals surface area contributed by atoms with Crippen molar-refractivity contribution < 1.29 is 14.3 Å². The summed E-state index contributed by atoms with van der Waals surface area (Å²) in [6.45, 7) is 2.78. The molecule has 23 heavy (non-hydrogen) atoms. The van der Waals surface area contributed by atoms with Crippen LogP contribution in [0.2, 0.25) is 0 Å². The van der Waals surface area contributed by atoms with Gasteiger partial charge in [-0.3, -0.25) is 4.79 Å². The van der Waals surface area contributed by atoms with Crippen molar-refractivity contribution in [2.24, 2.45) is 4.99 Å². The van der Waals surface area contributed by atoms with Crippen molar-refractivity contribution in [1.82, 2.24) is 4.98 Å². The summed E-state index contributed by atoms with van der Waals surface area (Å²) in [6.07, 6.45) is 3.78. The van der Waals surface area contributed by atoms with Crippen molar-refractivity contribution in [3.05, 3.63) is 44.6 Å². The molecule has 5 nitrogen and oxygen atoms in total. The number of carbonyl (C=O) groups excluding carboxylic acids is 1. The van der Waals surface area contributed by atoms with E-state index in [4.69, 9.17) is 21.1 Å². The molecule has 0 atom stereocenters. The van der Waals surface area contributed by atoms with E-state index in [1.54, 1.807) is 13.2 Å². The molecule has 1 aromatic heterocycles. The molecule has 0 radical (unpaired) electrons. The first-order valence-electron chi connectivity index (χ1n) is 7.08. The van der Waals surface area contributed by atoms with Crippen LogP contribution in [0.4, 0.5) is 0 Å². The Balaban J connectivity index is 1.92. The molecule has 3 rings (SSSR count). The highest BCUT2D eigenvalue weighted by Gasteiger charge is 2.29. The van der Waals surface area contributed by atoms with Gasteiger partial charge in [-0.05, 0) is 6.92 Å². The Bertz CT molecular complexity index is 774. The van der Waals surface area contributed by atoms with E-state index in [0.717, 1.165) is 5.69 Å². The van der Waals surface area contributed by atoms with Crippen molar-refractivity contribution in [2.45, 2.75) is 13.3 Å². The number of halogens is 1. The molecular formula is C16H15ClN2O3S. The number of rotatable bonds is 5. The number of aromatic nitrogens is 1. The number of ketones is 1. The van der Waals surface area contributed by atoms with Gasteiger partial charge in [0.2, 0.25) is 0 Å². The van der Waals surface area contributed by atoms with E-state index in [0.29, 0.717) is 52.4 Å². The fraction of sp³-hybridized carbons (Fsp3) is 0.312. The van der Waals surface area contributed by atoms with Crippen LogP contribution in [0.15, 0.2) is 38.9 Å². The summed E-state index contributed by atoms with van der Waals surface area (Å²) in [4.78, 5) is 21.2. The Morgan fingerprint density at radius 2 is 2.22 bits per heavy atom. The average molecular weight is 351 g/mol. The minimum atomic E-state index is -0.105. The molecule has 0 amide bonds. The van der Waals surface area contributed by atoms with E-state index in [2.05, 4.69) is 9.98 Å². The van der Waals surface area contributed by atoms with Crippen LogP contribution in [-0.4, -0.2) is 36.8 Å². The molecule has 1 aliphatic heterocycles. The highest BCUT2D eigenvalue weighted by Crippen LogP contribution is 2.33. The predicted molar refractivity (Wildman–Crippen MR) is 90.7 cm³/mol. The molecule has 0 aromatic carbocycles. The second-order valence-corrected chi connectivity index (χ2v) is 6.28. The molecule has 0 saturated carbocycles. The number of thiazole rings is 1. The second-order valence-electron chi connectivity index (χ2n) is 5.05. The third-order valence-electron chi connectivity index (χ3n) is 3.37. The van der Waals surface area contributed by atoms with Crippen LogP contribution >= 0.6 is 22.9 Å². The second kappa shape index (κ2) is 6.78. The molecule has 0 saturated heterocycles. The van der Waals surface area contributed by atoms with Crippen molar-refractivity contribution >= 4 is 40.1 Å². The predicted octanol–water partition coefficient (Wildman–Crippen LogP) is 3.26. The Hall–Kier alpha value is -1.76. The molecule has 1 aliphatic carbocycles. The highest BCUT2D eigenvalue weighted by atomic mass is 35.5. The molecule has 1 aromatic rings. The Morgan fingerprint density at radius 1 is 1.39 bits per heavy atom. The van der Waals surface area contributed by atoms with Gasteiger partial charge in [-0.2, -0.15) is 0 Å². The van der Waals surface area contributed by atoms with E-state index >= 15 is 0 Å². The number of nitrogens with zero attached hydrogens (tertiary/aromatic N) is 2. The number of hydrogen-bond acceptors (Lipinski definition) is 6. The van der Waals surface area contributed by atoms with E-state index < -0.39 is 0 Å². The van der Waals surface area contributed by atoms with Crippen LogP contribution in [-0.2, 0) is 14.3 Å². The van der Waals surface area contributed by atoms with Gasteiger partial charge < -0.3 is 9.47 Å². The highest BCUT2D eigenvalue weighted by molar-refractivity contribution is 7.10. The summed E-state index contributed by atoms with van der Waals surface area (Å²) in [5.74, 6) is 0.502. The summed E-state index contributed by atoms with van der Waals surface area (Å²) in [5, 5.41) is 3.01. The molecule has 120 valence electrons. The number of allylic oxidation sites excluding steroid dienone is 4. The van der Waals surface area contributed by atoms with Gasteiger partial charge in [0.1, 0.15) is 28.1 Å². The lowest BCUT2D eigenvalue weighted by Gasteiger charge is -2.21. The third kappa shape index (κ3) is 3.29. The van der Waals surface area contributed by atoms with E-state index in [9.17, 15) is 4.79 Å². The van der Waals surface area contributed by atoms with Crippen molar-refractivity contribution in [3.63, 3.8) is 0 Å². The normalized spacial score (nSPS) is 17.5. The maximum atomic E-state index is 12.3. The first-order valence-corrected chi connectivity index (χ1v) is 8.34. The number of ether oxygens (including phenoxy) is 2. The van der Waals surface area contributed by atoms with Crippen LogP contribution in [0, 0.1) is 6.92 Å². The molecule has 0 spiro atoms. The number of aryl methyl sites for hydroxylation is 1. The average Bonchev–Trinajstić information content (AvgIpc) is 2.96. The number of fused-ring (bicyclic) bond motifs is 1. The summed E-state index contributed by atoms with van der Waals surface area (Å²) in [6, 6.07) is 0. The quantitative estimate of drug-likeness (QED) is 0.765. The molecular weight excluding hydrogens is 336 g/mol. The summed E-state index contributed by atoms with van der Waals surface area (Å²) in [5.41, 5.74) is 2.41. The summed E-state index contributed by atoms with van der Waals surface area (Å²) < 4.78 is 10.6. The monoisotopic (exact) mass is 350 g/mol. The third-order valence-corrected chi connectivity index (χ3v) is 4.74. The van der Waals surface area contributed by atoms with Crippen molar-refractivity contribution in [3.8, 4) is 0 Å². The summed E-state index contributed by atoms with van der Waals surface area (Å²) >= 11 is 7.86. The maximum Gasteiger partial charge on any atom is 0.190 e. The minimum absolute atomic E-state index is 0.105. The maximum absolute atomic E-state index is 12.3. The minimum Gasteiger partial charge on any atom is -0.494 e. The Morgan fingerprint density at radius 3 is 2.91 bits per heavy atom. The SMILES string of the molecule is COCCOC1=C(Cl)C2=NC(c3nc(C)cs3)=CC(=O)C2=CC1. The van der Waals surface area contributed by atoms with Crippen LogP contribution in [0.25, 0.3) is 5.70 Å². The summed E-state index contributed by atoms with van der Waals surface area (Å²) in [7, 11) is 1.61. The largest absolute Gasteiger partial charge is 0.494 e. The zero-order valence-corrected chi connectivity index (χ0v) is 14.3. The molecule has 0 unspecified atom stereocenters. The van der Waals surface area contributed by atoms with Crippen LogP contribution in [0.3, 0.4) is 0 Å². The van der Waals surface area contributed by atoms with Crippen molar-refractivity contribution in [1.29, 1.82) is 0 Å². The van der Waals surface area contributed by atoms with Gasteiger partial charge in [-0.1, -0.05) is 17.7 Å². The van der Waals surface area contributed by atoms with Gasteiger partial charge >= 0.3 is 0 Å². The van der Waals surface area contributed by atoms with E-state index in [1.165, 1.54) is 17.4 Å². The van der Waals surface area contributed by atoms with Crippen LogP contribution < -0.4 is 0 Å². The van der Waals surface area contributed by atoms with Gasteiger partial charge in [0.25, 0.3) is 0 Å². The van der Waals surface area contributed by atoms with Gasteiger partial charge in [0.05, 0.1) is 12.3 Å². The van der Waals surface area contributed by atoms with Gasteiger partial charge in [0, 0.05) is 36.3 Å². The Labute approximate surface area is 143 Å². The lowest BCUT2D eigenvalue weighted by molar-refractivity contribution is -0.110. The van der Waals surface area contributed by atoms with E-state index in [-0.39, 0.29) is 5.78 Å².